The number of nitrogens with one attached hydrogen (secondary N) is 2. The molecule has 0 spiro atoms. The largest absolute Gasteiger partial charge is 0.481 e. The summed E-state index contributed by atoms with van der Waals surface area (Å²) in [6, 6.07) is 14.4. The molecule has 1 amide bonds. The van der Waals surface area contributed by atoms with Crippen molar-refractivity contribution < 1.29 is 17.9 Å². The van der Waals surface area contributed by atoms with E-state index in [-0.39, 0.29) is 22.3 Å². The van der Waals surface area contributed by atoms with Gasteiger partial charge in [0.2, 0.25) is 10.0 Å². The van der Waals surface area contributed by atoms with Crippen LogP contribution in [0, 0.1) is 0 Å². The molecule has 1 aliphatic carbocycles. The first kappa shape index (κ1) is 22.3. The van der Waals surface area contributed by atoms with Crippen LogP contribution in [0.3, 0.4) is 0 Å². The molecule has 0 bridgehead atoms. The van der Waals surface area contributed by atoms with Crippen LogP contribution in [-0.4, -0.2) is 26.5 Å². The topological polar surface area (TPSA) is 84.5 Å². The van der Waals surface area contributed by atoms with Gasteiger partial charge in [-0.15, -0.1) is 0 Å². The molecular formula is C23H30N2O4S. The fourth-order valence-corrected chi connectivity index (χ4v) is 4.20. The molecular weight excluding hydrogens is 400 g/mol. The molecule has 7 heteroatoms. The Balaban J connectivity index is 1.51. The Morgan fingerprint density at radius 1 is 1.07 bits per heavy atom. The molecule has 162 valence electrons. The van der Waals surface area contributed by atoms with Crippen LogP contribution in [0.5, 0.6) is 5.75 Å². The third kappa shape index (κ3) is 6.06. The van der Waals surface area contributed by atoms with E-state index in [4.69, 9.17) is 4.74 Å². The van der Waals surface area contributed by atoms with Gasteiger partial charge in [0.05, 0.1) is 4.90 Å². The minimum absolute atomic E-state index is 0.0599. The maximum Gasteiger partial charge on any atom is 0.261 e. The van der Waals surface area contributed by atoms with Gasteiger partial charge in [-0.1, -0.05) is 45.0 Å². The lowest BCUT2D eigenvalue weighted by atomic mass is 9.87. The second kappa shape index (κ2) is 8.78. The van der Waals surface area contributed by atoms with E-state index in [1.165, 1.54) is 5.56 Å². The van der Waals surface area contributed by atoms with Crippen molar-refractivity contribution in [1.29, 1.82) is 0 Å². The number of sulfonamides is 1. The van der Waals surface area contributed by atoms with Crippen molar-refractivity contribution in [2.24, 2.45) is 0 Å². The molecule has 0 aliphatic heterocycles. The van der Waals surface area contributed by atoms with Crippen LogP contribution in [0.25, 0.3) is 0 Å². The Labute approximate surface area is 179 Å². The van der Waals surface area contributed by atoms with Gasteiger partial charge in [-0.2, -0.15) is 0 Å². The first-order chi connectivity index (χ1) is 14.0. The molecule has 1 aliphatic rings. The van der Waals surface area contributed by atoms with E-state index in [2.05, 4.69) is 30.8 Å². The number of carbonyl (C=O) groups excluding carboxylic acids is 1. The third-order valence-electron chi connectivity index (χ3n) is 5.00. The Hall–Kier alpha value is -2.38. The fourth-order valence-electron chi connectivity index (χ4n) is 2.90. The summed E-state index contributed by atoms with van der Waals surface area (Å²) in [7, 11) is -3.46. The Morgan fingerprint density at radius 2 is 1.67 bits per heavy atom. The minimum atomic E-state index is -3.46. The van der Waals surface area contributed by atoms with Crippen molar-refractivity contribution in [3.05, 3.63) is 59.7 Å². The Bertz CT molecular complexity index is 973. The number of ether oxygens (including phenoxy) is 1. The fraction of sp³-hybridized carbons (Fsp3) is 0.435. The number of carbonyl (C=O) groups is 1. The zero-order chi connectivity index (χ0) is 21.9. The quantitative estimate of drug-likeness (QED) is 0.671. The van der Waals surface area contributed by atoms with Gasteiger partial charge in [-0.25, -0.2) is 13.1 Å². The minimum Gasteiger partial charge on any atom is -0.481 e. The molecule has 0 aromatic heterocycles. The number of hydrogen-bond donors (Lipinski definition) is 2. The van der Waals surface area contributed by atoms with Crippen molar-refractivity contribution in [2.75, 3.05) is 0 Å². The van der Waals surface area contributed by atoms with Gasteiger partial charge in [-0.05, 0) is 60.6 Å². The lowest BCUT2D eigenvalue weighted by molar-refractivity contribution is -0.127. The van der Waals surface area contributed by atoms with Gasteiger partial charge in [0.25, 0.3) is 5.91 Å². The lowest BCUT2D eigenvalue weighted by Crippen LogP contribution is -2.35. The molecule has 0 radical (unpaired) electrons. The maximum atomic E-state index is 12.4. The van der Waals surface area contributed by atoms with E-state index in [0.717, 1.165) is 18.4 Å². The van der Waals surface area contributed by atoms with Crippen molar-refractivity contribution in [2.45, 2.75) is 69.5 Å². The zero-order valence-corrected chi connectivity index (χ0v) is 18.8. The van der Waals surface area contributed by atoms with Gasteiger partial charge in [0.15, 0.2) is 6.10 Å². The maximum absolute atomic E-state index is 12.4. The van der Waals surface area contributed by atoms with Crippen LogP contribution in [-0.2, 0) is 26.8 Å². The second-order valence-electron chi connectivity index (χ2n) is 8.79. The predicted molar refractivity (Wildman–Crippen MR) is 117 cm³/mol. The average Bonchev–Trinajstić information content (AvgIpc) is 3.49. The third-order valence-corrected chi connectivity index (χ3v) is 6.54. The Morgan fingerprint density at radius 3 is 2.20 bits per heavy atom. The highest BCUT2D eigenvalue weighted by Crippen LogP contribution is 2.25. The number of amides is 1. The van der Waals surface area contributed by atoms with Gasteiger partial charge < -0.3 is 10.1 Å². The summed E-state index contributed by atoms with van der Waals surface area (Å²) in [5, 5.41) is 2.83. The summed E-state index contributed by atoms with van der Waals surface area (Å²) >= 11 is 0. The molecule has 2 aromatic carbocycles. The van der Waals surface area contributed by atoms with Crippen LogP contribution in [0.1, 0.15) is 51.7 Å². The van der Waals surface area contributed by atoms with E-state index in [9.17, 15) is 13.2 Å². The molecule has 1 unspecified atom stereocenters. The summed E-state index contributed by atoms with van der Waals surface area (Å²) in [4.78, 5) is 12.6. The van der Waals surface area contributed by atoms with Gasteiger partial charge in [-0.3, -0.25) is 4.79 Å². The van der Waals surface area contributed by atoms with E-state index < -0.39 is 16.1 Å². The predicted octanol–water partition coefficient (Wildman–Crippen LogP) is 3.51. The van der Waals surface area contributed by atoms with E-state index in [1.807, 2.05) is 24.3 Å². The van der Waals surface area contributed by atoms with Crippen LogP contribution in [0.2, 0.25) is 0 Å². The highest BCUT2D eigenvalue weighted by atomic mass is 32.2. The second-order valence-corrected chi connectivity index (χ2v) is 10.5. The summed E-state index contributed by atoms with van der Waals surface area (Å²) in [5.41, 5.74) is 2.07. The van der Waals surface area contributed by atoms with Crippen molar-refractivity contribution in [3.8, 4) is 5.75 Å². The number of benzene rings is 2. The summed E-state index contributed by atoms with van der Waals surface area (Å²) in [6.45, 7) is 8.43. The van der Waals surface area contributed by atoms with E-state index in [0.29, 0.717) is 12.3 Å². The smallest absolute Gasteiger partial charge is 0.261 e. The first-order valence-corrected chi connectivity index (χ1v) is 11.7. The SMILES string of the molecule is CC(Oc1ccc(C(C)(C)C)cc1)C(=O)NCc1ccc(S(=O)(=O)NC2CC2)cc1. The summed E-state index contributed by atoms with van der Waals surface area (Å²) < 4.78 is 32.8. The molecule has 2 aromatic rings. The lowest BCUT2D eigenvalue weighted by Gasteiger charge is -2.20. The van der Waals surface area contributed by atoms with Crippen molar-refractivity contribution in [1.82, 2.24) is 10.0 Å². The zero-order valence-electron chi connectivity index (χ0n) is 17.9. The van der Waals surface area contributed by atoms with Crippen LogP contribution >= 0.6 is 0 Å². The molecule has 0 heterocycles. The number of rotatable bonds is 8. The molecule has 3 rings (SSSR count). The Kier molecular flexibility index (Phi) is 6.53. The van der Waals surface area contributed by atoms with Crippen molar-refractivity contribution in [3.63, 3.8) is 0 Å². The molecule has 0 saturated heterocycles. The van der Waals surface area contributed by atoms with Gasteiger partial charge in [0, 0.05) is 12.6 Å². The van der Waals surface area contributed by atoms with E-state index >= 15 is 0 Å². The molecule has 1 saturated carbocycles. The molecule has 6 nitrogen and oxygen atoms in total. The van der Waals surface area contributed by atoms with Crippen molar-refractivity contribution >= 4 is 15.9 Å². The van der Waals surface area contributed by atoms with E-state index in [1.54, 1.807) is 31.2 Å². The molecule has 1 atom stereocenters. The van der Waals surface area contributed by atoms with Crippen LogP contribution < -0.4 is 14.8 Å². The average molecular weight is 431 g/mol. The molecule has 1 fully saturated rings. The van der Waals surface area contributed by atoms with Gasteiger partial charge in [0.1, 0.15) is 5.75 Å². The standard InChI is InChI=1S/C23H30N2O4S/c1-16(29-20-11-7-18(8-12-20)23(2,3)4)22(26)24-15-17-5-13-21(14-6-17)30(27,28)25-19-9-10-19/h5-8,11-14,16,19,25H,9-10,15H2,1-4H3,(H,24,26). The molecule has 30 heavy (non-hydrogen) atoms. The first-order valence-electron chi connectivity index (χ1n) is 10.2. The van der Waals surface area contributed by atoms with Crippen LogP contribution in [0.4, 0.5) is 0 Å². The highest BCUT2D eigenvalue weighted by Gasteiger charge is 2.27. The van der Waals surface area contributed by atoms with Crippen LogP contribution in [0.15, 0.2) is 53.4 Å². The highest BCUT2D eigenvalue weighted by molar-refractivity contribution is 7.89. The molecule has 2 N–H and O–H groups in total. The summed E-state index contributed by atoms with van der Waals surface area (Å²) in [5.74, 6) is 0.408. The summed E-state index contributed by atoms with van der Waals surface area (Å²) in [6.07, 6.45) is 1.14. The normalized spacial score (nSPS) is 15.5. The monoisotopic (exact) mass is 430 g/mol. The number of hydrogen-bond acceptors (Lipinski definition) is 4. The van der Waals surface area contributed by atoms with Gasteiger partial charge >= 0.3 is 0 Å².